The van der Waals surface area contributed by atoms with Gasteiger partial charge in [0.05, 0.1) is 18.5 Å². The van der Waals surface area contributed by atoms with Crippen molar-refractivity contribution in [3.63, 3.8) is 0 Å². The van der Waals surface area contributed by atoms with E-state index in [1.165, 1.54) is 6.42 Å². The minimum absolute atomic E-state index is 0.0502. The molecular formula is C34H41N5O4. The molecule has 0 spiro atoms. The van der Waals surface area contributed by atoms with Gasteiger partial charge in [0.25, 0.3) is 11.5 Å². The van der Waals surface area contributed by atoms with Crippen molar-refractivity contribution < 1.29 is 14.3 Å². The van der Waals surface area contributed by atoms with Crippen LogP contribution in [-0.4, -0.2) is 42.7 Å². The van der Waals surface area contributed by atoms with Crippen LogP contribution in [0, 0.1) is 17.8 Å². The van der Waals surface area contributed by atoms with Gasteiger partial charge in [0.2, 0.25) is 0 Å². The van der Waals surface area contributed by atoms with E-state index < -0.39 is 6.03 Å². The van der Waals surface area contributed by atoms with Crippen LogP contribution in [0.1, 0.15) is 61.5 Å². The van der Waals surface area contributed by atoms with Crippen LogP contribution in [0.15, 0.2) is 65.5 Å². The summed E-state index contributed by atoms with van der Waals surface area (Å²) in [5, 5.41) is 9.20. The molecule has 1 saturated carbocycles. The topological polar surface area (TPSA) is 105 Å². The highest BCUT2D eigenvalue weighted by Crippen LogP contribution is 2.39. The number of hydrogen-bond donors (Lipinski definition) is 3. The molecule has 3 aliphatic rings. The second-order valence-corrected chi connectivity index (χ2v) is 12.5. The van der Waals surface area contributed by atoms with Crippen molar-refractivity contribution in [1.29, 1.82) is 0 Å². The monoisotopic (exact) mass is 583 g/mol. The van der Waals surface area contributed by atoms with E-state index in [9.17, 15) is 14.4 Å². The first kappa shape index (κ1) is 28.8. The maximum absolute atomic E-state index is 13.5. The summed E-state index contributed by atoms with van der Waals surface area (Å²) in [6, 6.07) is 18.0. The number of rotatable bonds is 6. The Labute approximate surface area is 252 Å². The van der Waals surface area contributed by atoms with Crippen LogP contribution in [0.4, 0.5) is 21.9 Å². The predicted octanol–water partition coefficient (Wildman–Crippen LogP) is 5.68. The number of aromatic nitrogens is 1. The molecule has 2 aliphatic heterocycles. The zero-order valence-corrected chi connectivity index (χ0v) is 25.1. The van der Waals surface area contributed by atoms with Gasteiger partial charge < -0.3 is 30.2 Å². The van der Waals surface area contributed by atoms with Crippen molar-refractivity contribution in [3.8, 4) is 5.75 Å². The Hall–Kier alpha value is -4.27. The first-order valence-corrected chi connectivity index (χ1v) is 15.4. The number of nitrogens with one attached hydrogen (secondary N) is 3. The Bertz CT molecular complexity index is 1570. The third kappa shape index (κ3) is 6.12. The van der Waals surface area contributed by atoms with Gasteiger partial charge >= 0.3 is 6.03 Å². The van der Waals surface area contributed by atoms with Crippen LogP contribution < -0.4 is 31.1 Å². The summed E-state index contributed by atoms with van der Waals surface area (Å²) in [6.07, 6.45) is 4.30. The molecule has 3 heterocycles. The highest BCUT2D eigenvalue weighted by Gasteiger charge is 2.35. The summed E-state index contributed by atoms with van der Waals surface area (Å²) in [4.78, 5) is 41.6. The fraction of sp³-hybridized carbons (Fsp3) is 0.441. The van der Waals surface area contributed by atoms with Gasteiger partial charge in [-0.25, -0.2) is 4.79 Å². The summed E-state index contributed by atoms with van der Waals surface area (Å²) in [7, 11) is 1.58. The van der Waals surface area contributed by atoms with Crippen molar-refractivity contribution in [1.82, 2.24) is 9.88 Å². The Morgan fingerprint density at radius 3 is 2.60 bits per heavy atom. The van der Waals surface area contributed by atoms with Gasteiger partial charge in [0.1, 0.15) is 5.75 Å². The second-order valence-electron chi connectivity index (χ2n) is 12.5. The summed E-state index contributed by atoms with van der Waals surface area (Å²) in [5.74, 6) is 2.00. The Morgan fingerprint density at radius 1 is 0.930 bits per heavy atom. The van der Waals surface area contributed by atoms with Crippen molar-refractivity contribution in [2.45, 2.75) is 58.0 Å². The molecule has 1 aromatic heterocycles. The average Bonchev–Trinajstić information content (AvgIpc) is 3.00. The number of anilines is 3. The molecule has 1 saturated heterocycles. The molecular weight excluding hydrogens is 542 g/mol. The lowest BCUT2D eigenvalue weighted by molar-refractivity contribution is 0.0891. The number of urea groups is 1. The van der Waals surface area contributed by atoms with Crippen molar-refractivity contribution >= 4 is 29.0 Å². The molecule has 0 radical (unpaired) electrons. The molecule has 9 nitrogen and oxygen atoms in total. The number of fused-ring (bicyclic) bond motifs is 4. The van der Waals surface area contributed by atoms with E-state index in [0.29, 0.717) is 47.0 Å². The number of methoxy groups -OCH3 is 1. The normalized spacial score (nSPS) is 24.4. The summed E-state index contributed by atoms with van der Waals surface area (Å²) in [6.45, 7) is 6.62. The van der Waals surface area contributed by atoms with E-state index in [0.717, 1.165) is 43.7 Å². The second kappa shape index (κ2) is 12.1. The molecule has 3 amide bonds. The molecule has 0 unspecified atom stereocenters. The van der Waals surface area contributed by atoms with E-state index in [1.807, 2.05) is 41.0 Å². The minimum Gasteiger partial charge on any atom is -0.497 e. The number of piperidine rings is 1. The van der Waals surface area contributed by atoms with E-state index in [1.54, 1.807) is 31.4 Å². The Kier molecular flexibility index (Phi) is 8.15. The van der Waals surface area contributed by atoms with Crippen LogP contribution in [0.5, 0.6) is 5.75 Å². The van der Waals surface area contributed by atoms with Gasteiger partial charge in [0.15, 0.2) is 0 Å². The number of nitrogens with zero attached hydrogens (tertiary/aromatic N) is 2. The van der Waals surface area contributed by atoms with E-state index in [4.69, 9.17) is 4.74 Å². The highest BCUT2D eigenvalue weighted by atomic mass is 16.5. The molecule has 3 aromatic rings. The van der Waals surface area contributed by atoms with Crippen molar-refractivity contribution in [2.75, 3.05) is 35.7 Å². The summed E-state index contributed by atoms with van der Waals surface area (Å²) in [5.41, 5.74) is 3.66. The SMILES string of the molecule is COc1cccc(NC(=O)Nc2cc(C(=O)N[C@@H]3CCC[C@@H](C)[C@@H]3C)ccc2N2C[C@H]3C[C@@H](C2)c2cccc(=O)n2C3)c1. The molecule has 2 fully saturated rings. The van der Waals surface area contributed by atoms with Gasteiger partial charge in [0, 0.05) is 60.7 Å². The predicted molar refractivity (Wildman–Crippen MR) is 169 cm³/mol. The van der Waals surface area contributed by atoms with Gasteiger partial charge in [-0.3, -0.25) is 9.59 Å². The van der Waals surface area contributed by atoms with Gasteiger partial charge in [-0.15, -0.1) is 0 Å². The zero-order chi connectivity index (χ0) is 30.1. The summed E-state index contributed by atoms with van der Waals surface area (Å²) < 4.78 is 7.21. The van der Waals surface area contributed by atoms with Crippen LogP contribution >= 0.6 is 0 Å². The number of hydrogen-bond acceptors (Lipinski definition) is 5. The lowest BCUT2D eigenvalue weighted by atomic mass is 9.78. The van der Waals surface area contributed by atoms with Crippen LogP contribution in [0.3, 0.4) is 0 Å². The van der Waals surface area contributed by atoms with E-state index in [-0.39, 0.29) is 23.4 Å². The van der Waals surface area contributed by atoms with Crippen LogP contribution in [0.2, 0.25) is 0 Å². The van der Waals surface area contributed by atoms with E-state index >= 15 is 0 Å². The molecule has 2 aromatic carbocycles. The average molecular weight is 584 g/mol. The van der Waals surface area contributed by atoms with Crippen LogP contribution in [0.25, 0.3) is 0 Å². The molecule has 6 rings (SSSR count). The fourth-order valence-electron chi connectivity index (χ4n) is 7.17. The molecule has 2 bridgehead atoms. The third-order valence-electron chi connectivity index (χ3n) is 9.68. The smallest absolute Gasteiger partial charge is 0.323 e. The molecule has 3 N–H and O–H groups in total. The lowest BCUT2D eigenvalue weighted by Crippen LogP contribution is -2.47. The number of carbonyl (C=O) groups excluding carboxylic acids is 2. The largest absolute Gasteiger partial charge is 0.497 e. The first-order valence-electron chi connectivity index (χ1n) is 15.4. The number of benzene rings is 2. The molecule has 1 aliphatic carbocycles. The quantitative estimate of drug-likeness (QED) is 0.346. The first-order chi connectivity index (χ1) is 20.8. The Balaban J connectivity index is 1.27. The maximum Gasteiger partial charge on any atom is 0.323 e. The third-order valence-corrected chi connectivity index (χ3v) is 9.68. The number of amides is 3. The van der Waals surface area contributed by atoms with E-state index in [2.05, 4.69) is 34.7 Å². The molecule has 226 valence electrons. The fourth-order valence-corrected chi connectivity index (χ4v) is 7.17. The Morgan fingerprint density at radius 2 is 1.77 bits per heavy atom. The maximum atomic E-state index is 13.5. The lowest BCUT2D eigenvalue weighted by Gasteiger charge is -2.44. The standard InChI is InChI=1S/C34H41N5O4/c1-21-7-4-10-28(22(21)2)36-33(41)24-13-14-31(29(16-24)37-34(42)35-26-8-5-9-27(17-26)43-3)38-18-23-15-25(20-38)30-11-6-12-32(40)39(30)19-23/h5-6,8-9,11-14,16-17,21-23,25,28H,4,7,10,15,18-20H2,1-3H3,(H,36,41)(H2,35,37,42)/t21-,22+,23-,25+,28-/m1/s1. The molecule has 9 heteroatoms. The number of ether oxygens (including phenoxy) is 1. The summed E-state index contributed by atoms with van der Waals surface area (Å²) >= 11 is 0. The highest BCUT2D eigenvalue weighted by molar-refractivity contribution is 6.04. The minimum atomic E-state index is -0.407. The van der Waals surface area contributed by atoms with Crippen molar-refractivity contribution in [2.24, 2.45) is 17.8 Å². The number of carbonyl (C=O) groups is 2. The van der Waals surface area contributed by atoms with Gasteiger partial charge in [-0.05, 0) is 67.0 Å². The van der Waals surface area contributed by atoms with Gasteiger partial charge in [-0.2, -0.15) is 0 Å². The van der Waals surface area contributed by atoms with Crippen molar-refractivity contribution in [3.05, 3.63) is 82.3 Å². The number of pyridine rings is 1. The van der Waals surface area contributed by atoms with Gasteiger partial charge in [-0.1, -0.05) is 38.8 Å². The van der Waals surface area contributed by atoms with Crippen LogP contribution in [-0.2, 0) is 6.54 Å². The molecule has 5 atom stereocenters. The zero-order valence-electron chi connectivity index (χ0n) is 25.1. The molecule has 43 heavy (non-hydrogen) atoms.